The van der Waals surface area contributed by atoms with Gasteiger partial charge >= 0.3 is 5.97 Å². The summed E-state index contributed by atoms with van der Waals surface area (Å²) in [5.74, 6) is -0.301. The summed E-state index contributed by atoms with van der Waals surface area (Å²) in [4.78, 5) is 11.2. The van der Waals surface area contributed by atoms with Gasteiger partial charge in [-0.05, 0) is 32.1 Å². The molecule has 4 heteroatoms. The summed E-state index contributed by atoms with van der Waals surface area (Å²) in [6.07, 6.45) is 16.9. The molecule has 22 heavy (non-hydrogen) atoms. The molecule has 0 aliphatic rings. The molecule has 1 unspecified atom stereocenters. The molecule has 0 saturated heterocycles. The number of aromatic nitrogens is 2. The van der Waals surface area contributed by atoms with Crippen LogP contribution in [-0.4, -0.2) is 16.6 Å². The van der Waals surface area contributed by atoms with E-state index in [0.29, 0.717) is 0 Å². The van der Waals surface area contributed by atoms with Crippen LogP contribution in [0.15, 0.2) is 31.4 Å². The van der Waals surface area contributed by atoms with Crippen molar-refractivity contribution in [2.45, 2.75) is 70.9 Å². The Morgan fingerprint density at radius 2 is 1.95 bits per heavy atom. The predicted molar refractivity (Wildman–Crippen MR) is 88.3 cm³/mol. The van der Waals surface area contributed by atoms with Crippen molar-refractivity contribution in [1.29, 1.82) is 0 Å². The monoisotopic (exact) mass is 307 g/mol. The molecule has 0 N–H and O–H groups in total. The molecule has 1 atom stereocenters. The highest BCUT2D eigenvalue weighted by Crippen LogP contribution is 2.13. The minimum Gasteiger partial charge on any atom is -0.459 e. The Morgan fingerprint density at radius 1 is 1.27 bits per heavy atom. The van der Waals surface area contributed by atoms with Gasteiger partial charge in [-0.1, -0.05) is 32.8 Å². The lowest BCUT2D eigenvalue weighted by molar-refractivity contribution is -0.671. The number of imidazole rings is 1. The molecule has 0 bridgehead atoms. The van der Waals surface area contributed by atoms with Gasteiger partial charge in [0.1, 0.15) is 18.5 Å². The van der Waals surface area contributed by atoms with Crippen LogP contribution >= 0.6 is 0 Å². The molecule has 0 aliphatic heterocycles. The minimum absolute atomic E-state index is 0.0555. The third-order valence-electron chi connectivity index (χ3n) is 3.92. The molecule has 1 aromatic heterocycles. The van der Waals surface area contributed by atoms with Gasteiger partial charge in [0.2, 0.25) is 6.33 Å². The Labute approximate surface area is 134 Å². The molecule has 4 nitrogen and oxygen atoms in total. The average Bonchev–Trinajstić information content (AvgIpc) is 2.93. The van der Waals surface area contributed by atoms with Crippen LogP contribution < -0.4 is 4.57 Å². The highest BCUT2D eigenvalue weighted by Gasteiger charge is 2.09. The Kier molecular flexibility index (Phi) is 9.28. The Balaban J connectivity index is 1.96. The van der Waals surface area contributed by atoms with E-state index in [-0.39, 0.29) is 12.1 Å². The molecule has 0 saturated carbocycles. The Hall–Kier alpha value is -1.58. The largest absolute Gasteiger partial charge is 0.459 e. The lowest BCUT2D eigenvalue weighted by atomic mass is 10.1. The number of aryl methyl sites for hydroxylation is 2. The number of ether oxygens (including phenoxy) is 1. The van der Waals surface area contributed by atoms with Crippen molar-refractivity contribution in [3.8, 4) is 0 Å². The number of rotatable bonds is 12. The van der Waals surface area contributed by atoms with Gasteiger partial charge in [0, 0.05) is 6.08 Å². The SMILES string of the molecule is C=CC(=O)OC(CC)CCCCCCCCn1cc[n+](C)c1. The quantitative estimate of drug-likeness (QED) is 0.256. The molecule has 0 fully saturated rings. The van der Waals surface area contributed by atoms with Crippen LogP contribution in [0.25, 0.3) is 0 Å². The maximum absolute atomic E-state index is 11.2. The van der Waals surface area contributed by atoms with E-state index in [2.05, 4.69) is 41.4 Å². The van der Waals surface area contributed by atoms with E-state index < -0.39 is 0 Å². The lowest BCUT2D eigenvalue weighted by Gasteiger charge is -2.14. The fourth-order valence-electron chi connectivity index (χ4n) is 2.57. The number of hydrogen-bond acceptors (Lipinski definition) is 2. The lowest BCUT2D eigenvalue weighted by Crippen LogP contribution is -2.23. The van der Waals surface area contributed by atoms with Gasteiger partial charge in [0.15, 0.2) is 0 Å². The van der Waals surface area contributed by atoms with Crippen LogP contribution in [0.2, 0.25) is 0 Å². The van der Waals surface area contributed by atoms with E-state index in [1.165, 1.54) is 38.2 Å². The van der Waals surface area contributed by atoms with E-state index >= 15 is 0 Å². The molecule has 124 valence electrons. The van der Waals surface area contributed by atoms with Crippen LogP contribution in [0.4, 0.5) is 0 Å². The highest BCUT2D eigenvalue weighted by atomic mass is 16.5. The molecule has 1 heterocycles. The number of esters is 1. The second kappa shape index (κ2) is 11.0. The van der Waals surface area contributed by atoms with Gasteiger partial charge in [-0.25, -0.2) is 13.9 Å². The summed E-state index contributed by atoms with van der Waals surface area (Å²) in [5, 5.41) is 0. The van der Waals surface area contributed by atoms with E-state index in [1.54, 1.807) is 0 Å². The smallest absolute Gasteiger partial charge is 0.330 e. The number of hydrogen-bond donors (Lipinski definition) is 0. The van der Waals surface area contributed by atoms with Gasteiger partial charge in [-0.2, -0.15) is 0 Å². The van der Waals surface area contributed by atoms with Crippen LogP contribution in [0, 0.1) is 0 Å². The second-order valence-corrected chi connectivity index (χ2v) is 5.90. The van der Waals surface area contributed by atoms with Gasteiger partial charge < -0.3 is 4.74 Å². The summed E-state index contributed by atoms with van der Waals surface area (Å²) in [6, 6.07) is 0. The first kappa shape index (κ1) is 18.5. The Morgan fingerprint density at radius 3 is 2.55 bits per heavy atom. The van der Waals surface area contributed by atoms with Crippen molar-refractivity contribution in [2.24, 2.45) is 7.05 Å². The minimum atomic E-state index is -0.301. The summed E-state index contributed by atoms with van der Waals surface area (Å²) < 4.78 is 9.59. The Bertz CT molecular complexity index is 440. The van der Waals surface area contributed by atoms with Gasteiger partial charge in [0.25, 0.3) is 0 Å². The summed E-state index contributed by atoms with van der Waals surface area (Å²) in [6.45, 7) is 6.60. The first-order valence-corrected chi connectivity index (χ1v) is 8.49. The molecular formula is C18H31N2O2+. The van der Waals surface area contributed by atoms with Gasteiger partial charge in [-0.15, -0.1) is 0 Å². The van der Waals surface area contributed by atoms with Crippen LogP contribution in [0.1, 0.15) is 58.3 Å². The van der Waals surface area contributed by atoms with Crippen molar-refractivity contribution in [1.82, 2.24) is 4.57 Å². The van der Waals surface area contributed by atoms with Crippen molar-refractivity contribution in [3.63, 3.8) is 0 Å². The van der Waals surface area contributed by atoms with Crippen molar-refractivity contribution in [2.75, 3.05) is 0 Å². The van der Waals surface area contributed by atoms with Crippen LogP contribution in [-0.2, 0) is 23.1 Å². The highest BCUT2D eigenvalue weighted by molar-refractivity contribution is 5.81. The van der Waals surface area contributed by atoms with E-state index in [4.69, 9.17) is 4.74 Å². The predicted octanol–water partition coefficient (Wildman–Crippen LogP) is 3.55. The van der Waals surface area contributed by atoms with Crippen molar-refractivity contribution < 1.29 is 14.1 Å². The standard InChI is InChI=1S/C18H31N2O2/c1-4-17(22-18(21)5-2)12-10-8-6-7-9-11-13-20-15-14-19(3)16-20/h5,14-17H,2,4,6-13H2,1,3H3/q+1. The second-order valence-electron chi connectivity index (χ2n) is 5.90. The molecule has 1 rings (SSSR count). The summed E-state index contributed by atoms with van der Waals surface area (Å²) in [5.41, 5.74) is 0. The third-order valence-corrected chi connectivity index (χ3v) is 3.92. The normalized spacial score (nSPS) is 12.1. The maximum atomic E-state index is 11.2. The molecule has 1 aromatic rings. The van der Waals surface area contributed by atoms with Gasteiger partial charge in [-0.3, -0.25) is 0 Å². The maximum Gasteiger partial charge on any atom is 0.330 e. The van der Waals surface area contributed by atoms with Crippen molar-refractivity contribution >= 4 is 5.97 Å². The molecule has 0 radical (unpaired) electrons. The average molecular weight is 307 g/mol. The molecule has 0 amide bonds. The zero-order valence-electron chi connectivity index (χ0n) is 14.2. The first-order chi connectivity index (χ1) is 10.7. The zero-order valence-corrected chi connectivity index (χ0v) is 14.2. The third kappa shape index (κ3) is 8.01. The summed E-state index contributed by atoms with van der Waals surface area (Å²) >= 11 is 0. The van der Waals surface area contributed by atoms with Crippen molar-refractivity contribution in [3.05, 3.63) is 31.4 Å². The van der Waals surface area contributed by atoms with E-state index in [1.807, 2.05) is 7.05 Å². The number of carbonyl (C=O) groups is 1. The molecule has 0 aliphatic carbocycles. The molecule has 0 aromatic carbocycles. The van der Waals surface area contributed by atoms with Crippen LogP contribution in [0.3, 0.4) is 0 Å². The number of nitrogens with zero attached hydrogens (tertiary/aromatic N) is 2. The molecular weight excluding hydrogens is 276 g/mol. The van der Waals surface area contributed by atoms with Crippen LogP contribution in [0.5, 0.6) is 0 Å². The number of unbranched alkanes of at least 4 members (excludes halogenated alkanes) is 5. The first-order valence-electron chi connectivity index (χ1n) is 8.49. The fraction of sp³-hybridized carbons (Fsp3) is 0.667. The number of carbonyl (C=O) groups excluding carboxylic acids is 1. The van der Waals surface area contributed by atoms with E-state index in [0.717, 1.165) is 25.8 Å². The topological polar surface area (TPSA) is 35.1 Å². The summed E-state index contributed by atoms with van der Waals surface area (Å²) in [7, 11) is 2.05. The molecule has 0 spiro atoms. The van der Waals surface area contributed by atoms with Gasteiger partial charge in [0.05, 0.1) is 13.6 Å². The van der Waals surface area contributed by atoms with E-state index in [9.17, 15) is 4.79 Å². The zero-order chi connectivity index (χ0) is 16.2. The fourth-order valence-corrected chi connectivity index (χ4v) is 2.57.